The van der Waals surface area contributed by atoms with E-state index in [4.69, 9.17) is 4.42 Å². The van der Waals surface area contributed by atoms with Crippen LogP contribution in [0.3, 0.4) is 0 Å². The highest BCUT2D eigenvalue weighted by atomic mass is 79.9. The van der Waals surface area contributed by atoms with Gasteiger partial charge in [0.05, 0.1) is 12.1 Å². The van der Waals surface area contributed by atoms with Crippen molar-refractivity contribution < 1.29 is 4.42 Å². The van der Waals surface area contributed by atoms with Crippen LogP contribution in [0, 0.1) is 5.92 Å². The standard InChI is InChI=1S/C13H14BrN3O/c1-8-6-11(8)15-7-12-16-17-13(18-12)9-4-2-3-5-10(9)14/h2-5,8,11,15H,6-7H2,1H3. The maximum atomic E-state index is 5.65. The molecule has 0 aliphatic heterocycles. The fourth-order valence-electron chi connectivity index (χ4n) is 1.89. The van der Waals surface area contributed by atoms with Gasteiger partial charge in [0.2, 0.25) is 11.8 Å². The lowest BCUT2D eigenvalue weighted by Gasteiger charge is -1.98. The smallest absolute Gasteiger partial charge is 0.248 e. The van der Waals surface area contributed by atoms with Crippen LogP contribution in [0.4, 0.5) is 0 Å². The monoisotopic (exact) mass is 307 g/mol. The summed E-state index contributed by atoms with van der Waals surface area (Å²) < 4.78 is 6.61. The fraction of sp³-hybridized carbons (Fsp3) is 0.385. The third kappa shape index (κ3) is 2.47. The molecule has 0 saturated heterocycles. The zero-order valence-corrected chi connectivity index (χ0v) is 11.6. The first kappa shape index (κ1) is 11.9. The lowest BCUT2D eigenvalue weighted by Crippen LogP contribution is -2.17. The van der Waals surface area contributed by atoms with Crippen molar-refractivity contribution in [3.8, 4) is 11.5 Å². The van der Waals surface area contributed by atoms with Gasteiger partial charge in [0.25, 0.3) is 0 Å². The van der Waals surface area contributed by atoms with Gasteiger partial charge in [-0.15, -0.1) is 10.2 Å². The third-order valence-corrected chi connectivity index (χ3v) is 3.89. The van der Waals surface area contributed by atoms with E-state index >= 15 is 0 Å². The van der Waals surface area contributed by atoms with Gasteiger partial charge in [-0.3, -0.25) is 0 Å². The van der Waals surface area contributed by atoms with Crippen LogP contribution >= 0.6 is 15.9 Å². The molecule has 1 fully saturated rings. The Morgan fingerprint density at radius 1 is 1.39 bits per heavy atom. The molecule has 1 saturated carbocycles. The normalized spacial score (nSPS) is 22.1. The predicted molar refractivity (Wildman–Crippen MR) is 71.8 cm³/mol. The number of hydrogen-bond donors (Lipinski definition) is 1. The average molecular weight is 308 g/mol. The second-order valence-electron chi connectivity index (χ2n) is 4.68. The van der Waals surface area contributed by atoms with Gasteiger partial charge in [0.15, 0.2) is 0 Å². The van der Waals surface area contributed by atoms with E-state index < -0.39 is 0 Å². The van der Waals surface area contributed by atoms with E-state index in [9.17, 15) is 0 Å². The van der Waals surface area contributed by atoms with Gasteiger partial charge in [-0.25, -0.2) is 0 Å². The van der Waals surface area contributed by atoms with Crippen LogP contribution in [-0.2, 0) is 6.54 Å². The molecule has 1 heterocycles. The molecule has 1 aliphatic carbocycles. The van der Waals surface area contributed by atoms with Crippen molar-refractivity contribution in [2.45, 2.75) is 25.9 Å². The van der Waals surface area contributed by atoms with Crippen molar-refractivity contribution in [1.82, 2.24) is 15.5 Å². The van der Waals surface area contributed by atoms with Crippen LogP contribution in [0.5, 0.6) is 0 Å². The molecule has 0 amide bonds. The Morgan fingerprint density at radius 3 is 2.89 bits per heavy atom. The van der Waals surface area contributed by atoms with Crippen molar-refractivity contribution in [3.63, 3.8) is 0 Å². The molecule has 2 unspecified atom stereocenters. The van der Waals surface area contributed by atoms with Crippen LogP contribution in [0.1, 0.15) is 19.2 Å². The SMILES string of the molecule is CC1CC1NCc1nnc(-c2ccccc2Br)o1. The topological polar surface area (TPSA) is 51.0 Å². The molecule has 3 rings (SSSR count). The van der Waals surface area contributed by atoms with Gasteiger partial charge in [0.1, 0.15) is 0 Å². The molecular weight excluding hydrogens is 294 g/mol. The predicted octanol–water partition coefficient (Wildman–Crippen LogP) is 3.00. The van der Waals surface area contributed by atoms with Gasteiger partial charge in [-0.2, -0.15) is 0 Å². The fourth-order valence-corrected chi connectivity index (χ4v) is 2.35. The van der Waals surface area contributed by atoms with Crippen molar-refractivity contribution in [3.05, 3.63) is 34.6 Å². The molecular formula is C13H14BrN3O. The molecule has 0 bridgehead atoms. The molecule has 18 heavy (non-hydrogen) atoms. The minimum atomic E-state index is 0.558. The lowest BCUT2D eigenvalue weighted by molar-refractivity contribution is 0.472. The van der Waals surface area contributed by atoms with E-state index in [2.05, 4.69) is 38.4 Å². The summed E-state index contributed by atoms with van der Waals surface area (Å²) in [6.07, 6.45) is 1.24. The van der Waals surface area contributed by atoms with Crippen LogP contribution < -0.4 is 5.32 Å². The average Bonchev–Trinajstić information content (AvgIpc) is 2.89. The van der Waals surface area contributed by atoms with Crippen molar-refractivity contribution in [1.29, 1.82) is 0 Å². The summed E-state index contributed by atoms with van der Waals surface area (Å²) in [7, 11) is 0. The van der Waals surface area contributed by atoms with Gasteiger partial charge in [0, 0.05) is 10.5 Å². The highest BCUT2D eigenvalue weighted by Gasteiger charge is 2.32. The minimum Gasteiger partial charge on any atom is -0.419 e. The zero-order chi connectivity index (χ0) is 12.5. The molecule has 0 radical (unpaired) electrons. The number of aromatic nitrogens is 2. The van der Waals surface area contributed by atoms with Gasteiger partial charge >= 0.3 is 0 Å². The molecule has 1 aromatic carbocycles. The molecule has 1 aromatic heterocycles. The quantitative estimate of drug-likeness (QED) is 0.943. The lowest BCUT2D eigenvalue weighted by atomic mass is 10.2. The Hall–Kier alpha value is -1.20. The van der Waals surface area contributed by atoms with Crippen molar-refractivity contribution in [2.75, 3.05) is 0 Å². The van der Waals surface area contributed by atoms with Gasteiger partial charge in [-0.05, 0) is 40.4 Å². The molecule has 94 valence electrons. The van der Waals surface area contributed by atoms with E-state index in [1.54, 1.807) is 0 Å². The van der Waals surface area contributed by atoms with E-state index in [0.29, 0.717) is 24.4 Å². The second-order valence-corrected chi connectivity index (χ2v) is 5.54. The Labute approximate surface area is 114 Å². The van der Waals surface area contributed by atoms with Crippen LogP contribution in [0.15, 0.2) is 33.2 Å². The largest absolute Gasteiger partial charge is 0.419 e. The number of benzene rings is 1. The summed E-state index contributed by atoms with van der Waals surface area (Å²) in [6, 6.07) is 8.44. The second kappa shape index (κ2) is 4.82. The van der Waals surface area contributed by atoms with Crippen LogP contribution in [0.2, 0.25) is 0 Å². The maximum absolute atomic E-state index is 5.65. The van der Waals surface area contributed by atoms with Crippen LogP contribution in [0.25, 0.3) is 11.5 Å². The number of hydrogen-bond acceptors (Lipinski definition) is 4. The van der Waals surface area contributed by atoms with E-state index in [1.165, 1.54) is 6.42 Å². The number of halogens is 1. The summed E-state index contributed by atoms with van der Waals surface area (Å²) >= 11 is 3.48. The summed E-state index contributed by atoms with van der Waals surface area (Å²) in [5.74, 6) is 1.97. The van der Waals surface area contributed by atoms with Crippen molar-refractivity contribution in [2.24, 2.45) is 5.92 Å². The van der Waals surface area contributed by atoms with Gasteiger partial charge in [-0.1, -0.05) is 19.1 Å². The first-order chi connectivity index (χ1) is 8.74. The molecule has 2 atom stereocenters. The van der Waals surface area contributed by atoms with Gasteiger partial charge < -0.3 is 9.73 Å². The number of nitrogens with zero attached hydrogens (tertiary/aromatic N) is 2. The molecule has 2 aromatic rings. The maximum Gasteiger partial charge on any atom is 0.248 e. The summed E-state index contributed by atoms with van der Waals surface area (Å²) in [5, 5.41) is 11.5. The summed E-state index contributed by atoms with van der Waals surface area (Å²) in [6.45, 7) is 2.88. The number of nitrogens with one attached hydrogen (secondary N) is 1. The highest BCUT2D eigenvalue weighted by molar-refractivity contribution is 9.10. The summed E-state index contributed by atoms with van der Waals surface area (Å²) in [5.41, 5.74) is 0.927. The third-order valence-electron chi connectivity index (χ3n) is 3.20. The highest BCUT2D eigenvalue weighted by Crippen LogP contribution is 2.30. The summed E-state index contributed by atoms with van der Waals surface area (Å²) in [4.78, 5) is 0. The zero-order valence-electron chi connectivity index (χ0n) is 10.1. The molecule has 1 N–H and O–H groups in total. The first-order valence-corrected chi connectivity index (χ1v) is 6.84. The number of rotatable bonds is 4. The van der Waals surface area contributed by atoms with E-state index in [-0.39, 0.29) is 0 Å². The molecule has 1 aliphatic rings. The van der Waals surface area contributed by atoms with Crippen LogP contribution in [-0.4, -0.2) is 16.2 Å². The van der Waals surface area contributed by atoms with E-state index in [0.717, 1.165) is 16.0 Å². The Morgan fingerprint density at radius 2 is 2.17 bits per heavy atom. The Bertz CT molecular complexity index is 555. The Kier molecular flexibility index (Phi) is 3.18. The molecule has 0 spiro atoms. The van der Waals surface area contributed by atoms with Crippen molar-refractivity contribution >= 4 is 15.9 Å². The minimum absolute atomic E-state index is 0.558. The van der Waals surface area contributed by atoms with E-state index in [1.807, 2.05) is 24.3 Å². The molecule has 4 nitrogen and oxygen atoms in total. The molecule has 5 heteroatoms. The first-order valence-electron chi connectivity index (χ1n) is 6.04. The Balaban J connectivity index is 1.71.